The van der Waals surface area contributed by atoms with Crippen LogP contribution in [0.4, 0.5) is 0 Å². The number of aliphatic carboxylic acids is 1. The van der Waals surface area contributed by atoms with Gasteiger partial charge in [0.15, 0.2) is 0 Å². The maximum Gasteiger partial charge on any atom is 0.307 e. The fourth-order valence-corrected chi connectivity index (χ4v) is 1.50. The molecule has 0 radical (unpaired) electrons. The molecule has 1 fully saturated rings. The summed E-state index contributed by atoms with van der Waals surface area (Å²) in [5.74, 6) is -1.01. The minimum Gasteiger partial charge on any atom is -0.481 e. The van der Waals surface area contributed by atoms with Crippen LogP contribution in [-0.2, 0) is 4.79 Å². The minimum absolute atomic E-state index is 0.271. The number of piperidine rings is 1. The van der Waals surface area contributed by atoms with Crippen LogP contribution in [0.15, 0.2) is 0 Å². The highest BCUT2D eigenvalue weighted by Crippen LogP contribution is 2.15. The number of carboxylic acids is 1. The van der Waals surface area contributed by atoms with Gasteiger partial charge in [0.25, 0.3) is 0 Å². The lowest BCUT2D eigenvalue weighted by atomic mass is 9.98. The molecule has 1 unspecified atom stereocenters. The molecule has 0 amide bonds. The molecule has 66 valence electrons. The predicted octanol–water partition coefficient (Wildman–Crippen LogP) is 0.307. The van der Waals surface area contributed by atoms with Crippen LogP contribution >= 0.6 is 0 Å². The summed E-state index contributed by atoms with van der Waals surface area (Å²) in [7, 11) is 0. The summed E-state index contributed by atoms with van der Waals surface area (Å²) in [5, 5.41) is 17.1. The molecule has 1 aliphatic rings. The quantitative estimate of drug-likeness (QED) is 0.602. The smallest absolute Gasteiger partial charge is 0.307 e. The molecular formula is C8H12N2O2. The molecule has 1 aliphatic heterocycles. The van der Waals surface area contributed by atoms with Crippen molar-refractivity contribution in [1.82, 2.24) is 4.90 Å². The van der Waals surface area contributed by atoms with E-state index in [4.69, 9.17) is 10.4 Å². The molecule has 4 nitrogen and oxygen atoms in total. The Hall–Kier alpha value is -1.08. The number of hydrogen-bond donors (Lipinski definition) is 1. The van der Waals surface area contributed by atoms with Crippen LogP contribution in [0.1, 0.15) is 12.8 Å². The summed E-state index contributed by atoms with van der Waals surface area (Å²) < 4.78 is 0. The van der Waals surface area contributed by atoms with E-state index in [0.29, 0.717) is 13.1 Å². The van der Waals surface area contributed by atoms with E-state index >= 15 is 0 Å². The topological polar surface area (TPSA) is 64.3 Å². The van der Waals surface area contributed by atoms with E-state index in [9.17, 15) is 4.79 Å². The largest absolute Gasteiger partial charge is 0.481 e. The van der Waals surface area contributed by atoms with Gasteiger partial charge in [0.2, 0.25) is 0 Å². The molecule has 4 heteroatoms. The molecule has 0 aliphatic carbocycles. The van der Waals surface area contributed by atoms with Crippen molar-refractivity contribution in [3.05, 3.63) is 0 Å². The van der Waals surface area contributed by atoms with Gasteiger partial charge in [-0.2, -0.15) is 5.26 Å². The van der Waals surface area contributed by atoms with Crippen LogP contribution in [0, 0.1) is 17.2 Å². The third kappa shape index (κ3) is 2.21. The Morgan fingerprint density at radius 3 is 3.08 bits per heavy atom. The normalized spacial score (nSPS) is 24.8. The summed E-state index contributed by atoms with van der Waals surface area (Å²) in [5.41, 5.74) is 0. The molecule has 0 aromatic heterocycles. The first-order valence-corrected chi connectivity index (χ1v) is 4.06. The van der Waals surface area contributed by atoms with Gasteiger partial charge in [-0.15, -0.1) is 0 Å². The van der Waals surface area contributed by atoms with E-state index in [1.807, 2.05) is 11.0 Å². The van der Waals surface area contributed by atoms with E-state index in [2.05, 4.69) is 0 Å². The second kappa shape index (κ2) is 4.07. The van der Waals surface area contributed by atoms with E-state index in [-0.39, 0.29) is 5.92 Å². The number of hydrogen-bond acceptors (Lipinski definition) is 3. The van der Waals surface area contributed by atoms with Crippen molar-refractivity contribution in [2.45, 2.75) is 12.8 Å². The van der Waals surface area contributed by atoms with Gasteiger partial charge < -0.3 is 5.11 Å². The highest BCUT2D eigenvalue weighted by molar-refractivity contribution is 5.70. The average Bonchev–Trinajstić information content (AvgIpc) is 2.05. The van der Waals surface area contributed by atoms with Crippen LogP contribution in [0.2, 0.25) is 0 Å². The Balaban J connectivity index is 2.41. The van der Waals surface area contributed by atoms with E-state index in [0.717, 1.165) is 19.4 Å². The first kappa shape index (κ1) is 9.01. The molecule has 1 atom stereocenters. The fraction of sp³-hybridized carbons (Fsp3) is 0.750. The molecule has 1 N–H and O–H groups in total. The average molecular weight is 168 g/mol. The van der Waals surface area contributed by atoms with Crippen molar-refractivity contribution < 1.29 is 9.90 Å². The molecular weight excluding hydrogens is 156 g/mol. The molecule has 1 saturated heterocycles. The van der Waals surface area contributed by atoms with Gasteiger partial charge in [0.05, 0.1) is 18.5 Å². The summed E-state index contributed by atoms with van der Waals surface area (Å²) >= 11 is 0. The van der Waals surface area contributed by atoms with E-state index in [1.54, 1.807) is 0 Å². The van der Waals surface area contributed by atoms with Crippen LogP contribution in [0.25, 0.3) is 0 Å². The molecule has 0 saturated carbocycles. The molecule has 12 heavy (non-hydrogen) atoms. The van der Waals surface area contributed by atoms with E-state index in [1.165, 1.54) is 0 Å². The zero-order valence-corrected chi connectivity index (χ0v) is 6.86. The van der Waals surface area contributed by atoms with Gasteiger partial charge in [0, 0.05) is 6.54 Å². The first-order chi connectivity index (χ1) is 5.74. The lowest BCUT2D eigenvalue weighted by molar-refractivity contribution is -0.143. The zero-order chi connectivity index (χ0) is 8.97. The summed E-state index contributed by atoms with van der Waals surface area (Å²) in [6.45, 7) is 1.74. The van der Waals surface area contributed by atoms with Crippen molar-refractivity contribution in [2.24, 2.45) is 5.92 Å². The van der Waals surface area contributed by atoms with Gasteiger partial charge in [-0.3, -0.25) is 9.69 Å². The Kier molecular flexibility index (Phi) is 3.06. The van der Waals surface area contributed by atoms with Gasteiger partial charge >= 0.3 is 5.97 Å². The SMILES string of the molecule is N#CCN1CCCC(C(=O)O)C1. The Labute approximate surface area is 71.4 Å². The zero-order valence-electron chi connectivity index (χ0n) is 6.86. The molecule has 1 rings (SSSR count). The minimum atomic E-state index is -0.738. The number of nitrogens with zero attached hydrogens (tertiary/aromatic N) is 2. The van der Waals surface area contributed by atoms with Crippen LogP contribution in [-0.4, -0.2) is 35.6 Å². The number of nitriles is 1. The van der Waals surface area contributed by atoms with Crippen molar-refractivity contribution in [3.8, 4) is 6.07 Å². The van der Waals surface area contributed by atoms with Gasteiger partial charge in [0.1, 0.15) is 0 Å². The molecule has 0 aromatic rings. The number of carbonyl (C=O) groups is 1. The Morgan fingerprint density at radius 2 is 2.50 bits per heavy atom. The van der Waals surface area contributed by atoms with Crippen molar-refractivity contribution in [2.75, 3.05) is 19.6 Å². The molecule has 0 aromatic carbocycles. The lowest BCUT2D eigenvalue weighted by Crippen LogP contribution is -2.38. The summed E-state index contributed by atoms with van der Waals surface area (Å²) in [6.07, 6.45) is 1.63. The highest BCUT2D eigenvalue weighted by atomic mass is 16.4. The van der Waals surface area contributed by atoms with Crippen molar-refractivity contribution >= 4 is 5.97 Å². The van der Waals surface area contributed by atoms with Crippen molar-refractivity contribution in [1.29, 1.82) is 5.26 Å². The van der Waals surface area contributed by atoms with Gasteiger partial charge in [-0.1, -0.05) is 0 Å². The lowest BCUT2D eigenvalue weighted by Gasteiger charge is -2.28. The molecule has 0 spiro atoms. The number of carboxylic acid groups (broad SMARTS) is 1. The molecule has 1 heterocycles. The summed E-state index contributed by atoms with van der Waals surface area (Å²) in [4.78, 5) is 12.5. The van der Waals surface area contributed by atoms with Gasteiger partial charge in [-0.05, 0) is 19.4 Å². The maximum absolute atomic E-state index is 10.6. The molecule has 0 bridgehead atoms. The fourth-order valence-electron chi connectivity index (χ4n) is 1.50. The van der Waals surface area contributed by atoms with Crippen molar-refractivity contribution in [3.63, 3.8) is 0 Å². The highest BCUT2D eigenvalue weighted by Gasteiger charge is 2.24. The van der Waals surface area contributed by atoms with Crippen LogP contribution < -0.4 is 0 Å². The summed E-state index contributed by atoms with van der Waals surface area (Å²) in [6, 6.07) is 2.03. The third-order valence-electron chi connectivity index (χ3n) is 2.15. The standard InChI is InChI=1S/C8H12N2O2/c9-3-5-10-4-1-2-7(6-10)8(11)12/h7H,1-2,4-6H2,(H,11,12). The van der Waals surface area contributed by atoms with Crippen LogP contribution in [0.5, 0.6) is 0 Å². The number of likely N-dealkylation sites (tertiary alicyclic amines) is 1. The second-order valence-corrected chi connectivity index (χ2v) is 3.07. The van der Waals surface area contributed by atoms with Gasteiger partial charge in [-0.25, -0.2) is 0 Å². The first-order valence-electron chi connectivity index (χ1n) is 4.06. The third-order valence-corrected chi connectivity index (χ3v) is 2.15. The monoisotopic (exact) mass is 168 g/mol. The van der Waals surface area contributed by atoms with E-state index < -0.39 is 5.97 Å². The number of rotatable bonds is 2. The predicted molar refractivity (Wildman–Crippen MR) is 42.4 cm³/mol. The second-order valence-electron chi connectivity index (χ2n) is 3.07. The Morgan fingerprint density at radius 1 is 1.75 bits per heavy atom. The van der Waals surface area contributed by atoms with Crippen LogP contribution in [0.3, 0.4) is 0 Å². The Bertz CT molecular complexity index is 210. The maximum atomic E-state index is 10.6.